The number of ether oxygens (including phenoxy) is 1. The van der Waals surface area contributed by atoms with E-state index in [1.807, 2.05) is 54.3 Å². The first-order chi connectivity index (χ1) is 15.2. The summed E-state index contributed by atoms with van der Waals surface area (Å²) in [6.45, 7) is 5.01. The van der Waals surface area contributed by atoms with Crippen LogP contribution in [0.3, 0.4) is 0 Å². The lowest BCUT2D eigenvalue weighted by molar-refractivity contribution is -0.135. The average Bonchev–Trinajstić information content (AvgIpc) is 3.46. The highest BCUT2D eigenvalue weighted by Gasteiger charge is 2.18. The van der Waals surface area contributed by atoms with E-state index in [1.165, 1.54) is 5.56 Å². The van der Waals surface area contributed by atoms with Crippen LogP contribution in [0, 0.1) is 6.92 Å². The van der Waals surface area contributed by atoms with Crippen LogP contribution in [0.2, 0.25) is 0 Å². The quantitative estimate of drug-likeness (QED) is 0.491. The third-order valence-corrected chi connectivity index (χ3v) is 5.40. The van der Waals surface area contributed by atoms with Gasteiger partial charge in [0.05, 0.1) is 25.3 Å². The van der Waals surface area contributed by atoms with Gasteiger partial charge in [-0.25, -0.2) is 4.68 Å². The monoisotopic (exact) mass is 418 g/mol. The van der Waals surface area contributed by atoms with Crippen molar-refractivity contribution in [2.45, 2.75) is 19.9 Å². The van der Waals surface area contributed by atoms with Gasteiger partial charge in [-0.2, -0.15) is 4.98 Å². The van der Waals surface area contributed by atoms with Crippen LogP contribution in [0.5, 0.6) is 0 Å². The van der Waals surface area contributed by atoms with Crippen LogP contribution in [-0.4, -0.2) is 62.2 Å². The van der Waals surface area contributed by atoms with Gasteiger partial charge in [-0.15, -0.1) is 5.10 Å². The molecule has 2 aromatic carbocycles. The summed E-state index contributed by atoms with van der Waals surface area (Å²) in [6.07, 6.45) is 0.380. The molecule has 0 saturated carbocycles. The van der Waals surface area contributed by atoms with E-state index in [2.05, 4.69) is 20.5 Å². The molecule has 0 spiro atoms. The number of rotatable bonds is 5. The number of benzene rings is 2. The van der Waals surface area contributed by atoms with E-state index in [4.69, 9.17) is 9.26 Å². The highest BCUT2D eigenvalue weighted by atomic mass is 16.5. The highest BCUT2D eigenvalue weighted by molar-refractivity contribution is 5.80. The molecule has 9 heteroatoms. The van der Waals surface area contributed by atoms with Gasteiger partial charge in [0.25, 0.3) is 5.89 Å². The first kappa shape index (κ1) is 19.4. The van der Waals surface area contributed by atoms with Gasteiger partial charge in [0, 0.05) is 30.6 Å². The summed E-state index contributed by atoms with van der Waals surface area (Å²) in [6, 6.07) is 13.6. The number of aromatic nitrogens is 5. The van der Waals surface area contributed by atoms with Crippen LogP contribution in [0.4, 0.5) is 0 Å². The molecule has 158 valence electrons. The smallest absolute Gasteiger partial charge is 0.258 e. The van der Waals surface area contributed by atoms with Crippen molar-refractivity contribution in [1.29, 1.82) is 0 Å². The summed E-state index contributed by atoms with van der Waals surface area (Å²) < 4.78 is 12.5. The fourth-order valence-corrected chi connectivity index (χ4v) is 3.60. The molecular weight excluding hydrogens is 396 g/mol. The Morgan fingerprint density at radius 3 is 2.65 bits per heavy atom. The summed E-state index contributed by atoms with van der Waals surface area (Å²) in [5, 5.41) is 12.6. The fraction of sp³-hybridized carbons (Fsp3) is 0.318. The fourth-order valence-electron chi connectivity index (χ4n) is 3.60. The molecule has 0 N–H and O–H groups in total. The number of hydrogen-bond acceptors (Lipinski definition) is 7. The van der Waals surface area contributed by atoms with Crippen LogP contribution < -0.4 is 0 Å². The molecule has 0 radical (unpaired) electrons. The minimum absolute atomic E-state index is 0.110. The maximum Gasteiger partial charge on any atom is 0.258 e. The Morgan fingerprint density at radius 2 is 1.84 bits per heavy atom. The normalized spacial score (nSPS) is 14.3. The lowest BCUT2D eigenvalue weighted by atomic mass is 10.1. The Labute approximate surface area is 178 Å². The molecule has 2 aromatic heterocycles. The first-order valence-corrected chi connectivity index (χ1v) is 10.3. The van der Waals surface area contributed by atoms with E-state index in [9.17, 15) is 4.79 Å². The molecule has 1 fully saturated rings. The van der Waals surface area contributed by atoms with Gasteiger partial charge in [-0.1, -0.05) is 28.1 Å². The molecule has 1 amide bonds. The third-order valence-electron chi connectivity index (χ3n) is 5.40. The van der Waals surface area contributed by atoms with E-state index in [1.54, 1.807) is 4.68 Å². The number of nitrogens with zero attached hydrogens (tertiary/aromatic N) is 6. The Balaban J connectivity index is 1.31. The molecule has 1 aliphatic rings. The molecule has 5 rings (SSSR count). The number of morpholine rings is 1. The highest BCUT2D eigenvalue weighted by Crippen LogP contribution is 2.25. The van der Waals surface area contributed by atoms with E-state index in [0.29, 0.717) is 51.0 Å². The summed E-state index contributed by atoms with van der Waals surface area (Å²) in [4.78, 5) is 18.7. The molecule has 31 heavy (non-hydrogen) atoms. The van der Waals surface area contributed by atoms with Crippen LogP contribution >= 0.6 is 0 Å². The van der Waals surface area contributed by atoms with Crippen molar-refractivity contribution in [3.05, 3.63) is 48.0 Å². The summed E-state index contributed by atoms with van der Waals surface area (Å²) in [5.41, 5.74) is 4.43. The van der Waals surface area contributed by atoms with E-state index >= 15 is 0 Å². The maximum atomic E-state index is 12.4. The molecule has 3 heterocycles. The topological polar surface area (TPSA) is 99.2 Å². The largest absolute Gasteiger partial charge is 0.378 e. The molecule has 1 aliphatic heterocycles. The molecule has 4 aromatic rings. The zero-order valence-electron chi connectivity index (χ0n) is 17.2. The minimum Gasteiger partial charge on any atom is -0.378 e. The zero-order valence-corrected chi connectivity index (χ0v) is 17.2. The second-order valence-corrected chi connectivity index (χ2v) is 7.55. The van der Waals surface area contributed by atoms with E-state index in [0.717, 1.165) is 22.2 Å². The minimum atomic E-state index is 0.110. The van der Waals surface area contributed by atoms with Gasteiger partial charge in [0.1, 0.15) is 5.52 Å². The molecular formula is C22H22N6O3. The van der Waals surface area contributed by atoms with Crippen molar-refractivity contribution in [1.82, 2.24) is 30.0 Å². The Bertz CT molecular complexity index is 1210. The summed E-state index contributed by atoms with van der Waals surface area (Å²) in [7, 11) is 0. The third kappa shape index (κ3) is 4.04. The number of carbonyl (C=O) groups excluding carboxylic acids is 1. The molecule has 0 bridgehead atoms. The molecule has 1 saturated heterocycles. The van der Waals surface area contributed by atoms with Gasteiger partial charge < -0.3 is 14.2 Å². The molecule has 9 nitrogen and oxygen atoms in total. The van der Waals surface area contributed by atoms with Crippen molar-refractivity contribution < 1.29 is 14.1 Å². The summed E-state index contributed by atoms with van der Waals surface area (Å²) in [5.74, 6) is 1.08. The van der Waals surface area contributed by atoms with Gasteiger partial charge in [0.15, 0.2) is 0 Å². The van der Waals surface area contributed by atoms with Gasteiger partial charge in [-0.05, 0) is 37.3 Å². The van der Waals surface area contributed by atoms with Crippen molar-refractivity contribution in [2.75, 3.05) is 26.3 Å². The maximum absolute atomic E-state index is 12.4. The second kappa shape index (κ2) is 8.27. The van der Waals surface area contributed by atoms with Crippen LogP contribution in [0.25, 0.3) is 33.9 Å². The number of amides is 1. The Morgan fingerprint density at radius 1 is 1.06 bits per heavy atom. The zero-order chi connectivity index (χ0) is 21.2. The molecule has 0 unspecified atom stereocenters. The lowest BCUT2D eigenvalue weighted by Crippen LogP contribution is -2.41. The number of hydrogen-bond donors (Lipinski definition) is 0. The molecule has 0 aliphatic carbocycles. The number of aryl methyl sites for hydroxylation is 2. The van der Waals surface area contributed by atoms with Crippen LogP contribution in [-0.2, 0) is 16.1 Å². The second-order valence-electron chi connectivity index (χ2n) is 7.55. The first-order valence-electron chi connectivity index (χ1n) is 10.3. The number of carbonyl (C=O) groups is 1. The summed E-state index contributed by atoms with van der Waals surface area (Å²) >= 11 is 0. The van der Waals surface area contributed by atoms with Gasteiger partial charge >= 0.3 is 0 Å². The van der Waals surface area contributed by atoms with E-state index < -0.39 is 0 Å². The predicted molar refractivity (Wildman–Crippen MR) is 113 cm³/mol. The Hall–Kier alpha value is -3.59. The van der Waals surface area contributed by atoms with Crippen LogP contribution in [0.1, 0.15) is 12.0 Å². The van der Waals surface area contributed by atoms with Gasteiger partial charge in [0.2, 0.25) is 11.7 Å². The Kier molecular flexibility index (Phi) is 5.17. The van der Waals surface area contributed by atoms with E-state index in [-0.39, 0.29) is 5.91 Å². The van der Waals surface area contributed by atoms with Crippen LogP contribution in [0.15, 0.2) is 47.0 Å². The number of fused-ring (bicyclic) bond motifs is 1. The van der Waals surface area contributed by atoms with Gasteiger partial charge in [-0.3, -0.25) is 4.79 Å². The van der Waals surface area contributed by atoms with Crippen molar-refractivity contribution in [3.8, 4) is 22.8 Å². The molecule has 0 atom stereocenters. The standard InChI is InChI=1S/C22H22N6O3/c1-15-2-4-16(5-3-15)22-23-21(25-31-22)17-6-7-19-18(14-17)24-26-28(19)9-8-20(29)27-10-12-30-13-11-27/h2-7,14H,8-13H2,1H3. The lowest BCUT2D eigenvalue weighted by Gasteiger charge is -2.26. The van der Waals surface area contributed by atoms with Crippen molar-refractivity contribution in [2.24, 2.45) is 0 Å². The van der Waals surface area contributed by atoms with Crippen molar-refractivity contribution in [3.63, 3.8) is 0 Å². The SMILES string of the molecule is Cc1ccc(-c2nc(-c3ccc4c(c3)nnn4CCC(=O)N3CCOCC3)no2)cc1. The predicted octanol–water partition coefficient (Wildman–Crippen LogP) is 2.71. The average molecular weight is 418 g/mol. The van der Waals surface area contributed by atoms with Crippen molar-refractivity contribution >= 4 is 16.9 Å².